The zero-order valence-corrected chi connectivity index (χ0v) is 17.5. The van der Waals surface area contributed by atoms with E-state index in [1.807, 2.05) is 11.0 Å². The topological polar surface area (TPSA) is 58.6 Å². The molecule has 0 saturated carbocycles. The van der Waals surface area contributed by atoms with Crippen molar-refractivity contribution in [2.75, 3.05) is 26.3 Å². The Morgan fingerprint density at radius 1 is 1.28 bits per heavy atom. The third-order valence-corrected chi connectivity index (χ3v) is 6.93. The van der Waals surface area contributed by atoms with Gasteiger partial charge in [-0.05, 0) is 48.6 Å². The molecule has 2 heterocycles. The first kappa shape index (κ1) is 20.3. The number of aryl methyl sites for hydroxylation is 1. The Morgan fingerprint density at radius 3 is 2.83 bits per heavy atom. The SMILES string of the molecule is O=C(NCc1ccc(F)c(Cl)c1)[C@@H]1CCc2sc(C(=O)N3CCOCC3)cc2C1. The van der Waals surface area contributed by atoms with Gasteiger partial charge < -0.3 is 15.0 Å². The average molecular weight is 437 g/mol. The molecule has 1 fully saturated rings. The summed E-state index contributed by atoms with van der Waals surface area (Å²) in [7, 11) is 0. The molecule has 1 aromatic heterocycles. The van der Waals surface area contributed by atoms with E-state index in [0.29, 0.717) is 39.3 Å². The first-order valence-electron chi connectivity index (χ1n) is 9.71. The zero-order valence-electron chi connectivity index (χ0n) is 15.9. The number of hydrogen-bond donors (Lipinski definition) is 1. The fourth-order valence-corrected chi connectivity index (χ4v) is 5.14. The quantitative estimate of drug-likeness (QED) is 0.798. The maximum Gasteiger partial charge on any atom is 0.264 e. The predicted octanol–water partition coefficient (Wildman–Crippen LogP) is 3.43. The molecule has 0 spiro atoms. The second-order valence-corrected chi connectivity index (χ2v) is 8.91. The molecule has 1 aliphatic heterocycles. The fourth-order valence-electron chi connectivity index (χ4n) is 3.76. The number of nitrogens with zero attached hydrogens (tertiary/aromatic N) is 1. The largest absolute Gasteiger partial charge is 0.378 e. The van der Waals surface area contributed by atoms with Crippen molar-refractivity contribution in [2.45, 2.75) is 25.8 Å². The molecule has 0 radical (unpaired) electrons. The van der Waals surface area contributed by atoms with E-state index in [1.165, 1.54) is 17.0 Å². The highest BCUT2D eigenvalue weighted by atomic mass is 35.5. The van der Waals surface area contributed by atoms with E-state index in [9.17, 15) is 14.0 Å². The Balaban J connectivity index is 1.36. The Bertz CT molecular complexity index is 927. The summed E-state index contributed by atoms with van der Waals surface area (Å²) in [5.41, 5.74) is 1.86. The van der Waals surface area contributed by atoms with Crippen molar-refractivity contribution in [1.29, 1.82) is 0 Å². The maximum atomic E-state index is 13.3. The molecule has 1 aromatic carbocycles. The number of halogens is 2. The molecule has 1 aliphatic carbocycles. The molecule has 2 amide bonds. The van der Waals surface area contributed by atoms with E-state index in [4.69, 9.17) is 16.3 Å². The van der Waals surface area contributed by atoms with E-state index in [2.05, 4.69) is 5.32 Å². The van der Waals surface area contributed by atoms with Crippen molar-refractivity contribution < 1.29 is 18.7 Å². The van der Waals surface area contributed by atoms with Crippen LogP contribution in [0.5, 0.6) is 0 Å². The average Bonchev–Trinajstić information content (AvgIpc) is 3.17. The number of amides is 2. The van der Waals surface area contributed by atoms with Crippen LogP contribution >= 0.6 is 22.9 Å². The molecular formula is C21H22ClFN2O3S. The number of carbonyl (C=O) groups is 2. The van der Waals surface area contributed by atoms with Crippen molar-refractivity contribution in [2.24, 2.45) is 5.92 Å². The minimum atomic E-state index is -0.471. The second-order valence-electron chi connectivity index (χ2n) is 7.37. The summed E-state index contributed by atoms with van der Waals surface area (Å²) in [5, 5.41) is 2.97. The molecule has 1 saturated heterocycles. The second kappa shape index (κ2) is 8.81. The smallest absolute Gasteiger partial charge is 0.264 e. The van der Waals surface area contributed by atoms with Gasteiger partial charge in [0.05, 0.1) is 23.1 Å². The molecule has 8 heteroatoms. The van der Waals surface area contributed by atoms with Crippen LogP contribution in [0.4, 0.5) is 4.39 Å². The molecule has 154 valence electrons. The number of thiophene rings is 1. The van der Waals surface area contributed by atoms with Crippen molar-refractivity contribution in [3.8, 4) is 0 Å². The summed E-state index contributed by atoms with van der Waals surface area (Å²) < 4.78 is 18.6. The molecule has 1 atom stereocenters. The lowest BCUT2D eigenvalue weighted by Crippen LogP contribution is -2.40. The Morgan fingerprint density at radius 2 is 2.07 bits per heavy atom. The highest BCUT2D eigenvalue weighted by Gasteiger charge is 2.28. The standard InChI is InChI=1S/C21H22ClFN2O3S/c22-16-9-13(1-3-17(16)23)12-24-20(26)14-2-4-18-15(10-14)11-19(29-18)21(27)25-5-7-28-8-6-25/h1,3,9,11,14H,2,4-8,10,12H2,(H,24,26)/t14-/m1/s1. The van der Waals surface area contributed by atoms with Gasteiger partial charge in [0.25, 0.3) is 5.91 Å². The van der Waals surface area contributed by atoms with Crippen LogP contribution in [-0.2, 0) is 28.9 Å². The molecule has 0 unspecified atom stereocenters. The highest BCUT2D eigenvalue weighted by Crippen LogP contribution is 2.33. The number of benzene rings is 1. The molecule has 2 aliphatic rings. The van der Waals surface area contributed by atoms with Crippen molar-refractivity contribution >= 4 is 34.8 Å². The number of carbonyl (C=O) groups excluding carboxylic acids is 2. The van der Waals surface area contributed by atoms with Crippen LogP contribution in [0.3, 0.4) is 0 Å². The highest BCUT2D eigenvalue weighted by molar-refractivity contribution is 7.14. The Kier molecular flexibility index (Phi) is 6.18. The van der Waals surface area contributed by atoms with Crippen molar-refractivity contribution in [1.82, 2.24) is 10.2 Å². The lowest BCUT2D eigenvalue weighted by Gasteiger charge is -2.26. The molecule has 4 rings (SSSR count). The van der Waals surface area contributed by atoms with Crippen LogP contribution in [0.1, 0.15) is 32.1 Å². The molecule has 2 aromatic rings. The van der Waals surface area contributed by atoms with Crippen molar-refractivity contribution in [3.05, 3.63) is 56.0 Å². The van der Waals surface area contributed by atoms with E-state index >= 15 is 0 Å². The summed E-state index contributed by atoms with van der Waals surface area (Å²) in [5.74, 6) is -0.564. The van der Waals surface area contributed by atoms with Crippen LogP contribution in [0, 0.1) is 11.7 Å². The van der Waals surface area contributed by atoms with Gasteiger partial charge in [0.15, 0.2) is 0 Å². The number of ether oxygens (including phenoxy) is 1. The van der Waals surface area contributed by atoms with Crippen LogP contribution in [-0.4, -0.2) is 43.0 Å². The number of fused-ring (bicyclic) bond motifs is 1. The zero-order chi connectivity index (χ0) is 20.4. The van der Waals surface area contributed by atoms with Gasteiger partial charge in [-0.2, -0.15) is 0 Å². The van der Waals surface area contributed by atoms with Crippen LogP contribution in [0.15, 0.2) is 24.3 Å². The fraction of sp³-hybridized carbons (Fsp3) is 0.429. The van der Waals surface area contributed by atoms with Crippen LogP contribution in [0.2, 0.25) is 5.02 Å². The first-order chi connectivity index (χ1) is 14.0. The lowest BCUT2D eigenvalue weighted by atomic mass is 9.87. The van der Waals surface area contributed by atoms with E-state index in [-0.39, 0.29) is 22.8 Å². The maximum absolute atomic E-state index is 13.3. The van der Waals surface area contributed by atoms with Gasteiger partial charge in [0.2, 0.25) is 5.91 Å². The van der Waals surface area contributed by atoms with Crippen LogP contribution in [0.25, 0.3) is 0 Å². The van der Waals surface area contributed by atoms with E-state index in [0.717, 1.165) is 28.8 Å². The van der Waals surface area contributed by atoms with Crippen LogP contribution < -0.4 is 5.32 Å². The molecular weight excluding hydrogens is 415 g/mol. The third kappa shape index (κ3) is 4.63. The molecule has 5 nitrogen and oxygen atoms in total. The van der Waals surface area contributed by atoms with E-state index in [1.54, 1.807) is 17.4 Å². The molecule has 1 N–H and O–H groups in total. The summed E-state index contributed by atoms with van der Waals surface area (Å²) >= 11 is 7.34. The predicted molar refractivity (Wildman–Crippen MR) is 110 cm³/mol. The minimum absolute atomic E-state index is 0.0247. The van der Waals surface area contributed by atoms with Crippen molar-refractivity contribution in [3.63, 3.8) is 0 Å². The number of nitrogens with one attached hydrogen (secondary N) is 1. The Labute approximate surface area is 177 Å². The summed E-state index contributed by atoms with van der Waals surface area (Å²) in [6.45, 7) is 2.73. The number of hydrogen-bond acceptors (Lipinski definition) is 4. The summed E-state index contributed by atoms with van der Waals surface area (Å²) in [6, 6.07) is 6.40. The normalized spacial score (nSPS) is 19.0. The van der Waals surface area contributed by atoms with Gasteiger partial charge in [0.1, 0.15) is 5.82 Å². The summed E-state index contributed by atoms with van der Waals surface area (Å²) in [4.78, 5) is 29.1. The van der Waals surface area contributed by atoms with Gasteiger partial charge in [-0.3, -0.25) is 9.59 Å². The van der Waals surface area contributed by atoms with Gasteiger partial charge >= 0.3 is 0 Å². The number of rotatable bonds is 4. The van der Waals surface area contributed by atoms with Gasteiger partial charge in [-0.25, -0.2) is 4.39 Å². The lowest BCUT2D eigenvalue weighted by molar-refractivity contribution is -0.125. The van der Waals surface area contributed by atoms with E-state index < -0.39 is 5.82 Å². The minimum Gasteiger partial charge on any atom is -0.378 e. The monoisotopic (exact) mass is 436 g/mol. The van der Waals surface area contributed by atoms with Gasteiger partial charge in [0, 0.05) is 30.4 Å². The third-order valence-electron chi connectivity index (χ3n) is 5.41. The van der Waals surface area contributed by atoms with Gasteiger partial charge in [-0.1, -0.05) is 17.7 Å². The van der Waals surface area contributed by atoms with Gasteiger partial charge in [-0.15, -0.1) is 11.3 Å². The summed E-state index contributed by atoms with van der Waals surface area (Å²) in [6.07, 6.45) is 2.20. The molecule has 29 heavy (non-hydrogen) atoms. The Hall–Kier alpha value is -1.96. The molecule has 0 bridgehead atoms. The number of morpholine rings is 1. The first-order valence-corrected chi connectivity index (χ1v) is 10.9.